The Balaban J connectivity index is 1.38. The summed E-state index contributed by atoms with van der Waals surface area (Å²) in [6.45, 7) is 2.17. The molecule has 2 aliphatic rings. The van der Waals surface area contributed by atoms with Crippen LogP contribution in [0.25, 0.3) is 16.8 Å². The van der Waals surface area contributed by atoms with Gasteiger partial charge in [0, 0.05) is 30.8 Å². The van der Waals surface area contributed by atoms with E-state index in [4.69, 9.17) is 16.3 Å². The molecule has 0 spiro atoms. The van der Waals surface area contributed by atoms with E-state index >= 15 is 0 Å². The van der Waals surface area contributed by atoms with Crippen LogP contribution in [0.5, 0.6) is 5.75 Å². The fourth-order valence-electron chi connectivity index (χ4n) is 6.02. The monoisotopic (exact) mass is 529 g/mol. The number of benzene rings is 2. The summed E-state index contributed by atoms with van der Waals surface area (Å²) >= 11 is 0. The van der Waals surface area contributed by atoms with Crippen molar-refractivity contribution in [1.29, 1.82) is 0 Å². The lowest BCUT2D eigenvalue weighted by atomic mass is 9.85. The third-order valence-corrected chi connectivity index (χ3v) is 7.94. The zero-order chi connectivity index (χ0) is 27.5. The van der Waals surface area contributed by atoms with Crippen LogP contribution in [-0.2, 0) is 0 Å². The van der Waals surface area contributed by atoms with Gasteiger partial charge in [0.2, 0.25) is 0 Å². The molecular weight excluding hydrogens is 490 g/mol. The molecule has 8 heteroatoms. The molecule has 0 aliphatic heterocycles. The maximum Gasteiger partial charge on any atom is 0.339 e. The molecule has 2 fully saturated rings. The quantitative estimate of drug-likeness (QED) is 0.228. The minimum atomic E-state index is -0.997. The summed E-state index contributed by atoms with van der Waals surface area (Å²) in [4.78, 5) is 12.1. The first kappa shape index (κ1) is 26.8. The van der Waals surface area contributed by atoms with Gasteiger partial charge in [-0.3, -0.25) is 0 Å². The van der Waals surface area contributed by atoms with Gasteiger partial charge in [-0.2, -0.15) is 5.10 Å². The van der Waals surface area contributed by atoms with Crippen molar-refractivity contribution < 1.29 is 14.6 Å². The molecule has 0 amide bonds. The van der Waals surface area contributed by atoms with Crippen LogP contribution in [0.4, 0.5) is 0 Å². The smallest absolute Gasteiger partial charge is 0.339 e. The standard InChI is InChI=1S/C31H39N5O3/c1-20(14-21-8-4-3-5-9-21)39-25-13-7-11-23(16-25)22-10-6-12-24(15-22)36-30(28(18-34-36)31(37)38)27-17-26(27)29(32)19-35(2)33/h6-7,10-13,15-16,18-21,26-27H,3-5,8-9,14,17,32-33H2,1-2H3,(H,37,38)/b29-19-. The molecule has 3 atom stereocenters. The van der Waals surface area contributed by atoms with E-state index in [2.05, 4.69) is 24.2 Å². The first-order valence-electron chi connectivity index (χ1n) is 13.9. The van der Waals surface area contributed by atoms with Crippen LogP contribution in [0.1, 0.15) is 73.8 Å². The van der Waals surface area contributed by atoms with Crippen molar-refractivity contribution >= 4 is 5.97 Å². The molecule has 3 unspecified atom stereocenters. The molecule has 8 nitrogen and oxygen atoms in total. The molecule has 2 aromatic carbocycles. The number of carbonyl (C=O) groups is 1. The zero-order valence-electron chi connectivity index (χ0n) is 22.8. The highest BCUT2D eigenvalue weighted by Crippen LogP contribution is 2.51. The second-order valence-corrected chi connectivity index (χ2v) is 11.2. The predicted molar refractivity (Wildman–Crippen MR) is 152 cm³/mol. The van der Waals surface area contributed by atoms with Crippen molar-refractivity contribution in [3.63, 3.8) is 0 Å². The fraction of sp³-hybridized carbons (Fsp3) is 0.419. The van der Waals surface area contributed by atoms with Gasteiger partial charge in [-0.1, -0.05) is 56.4 Å². The van der Waals surface area contributed by atoms with Gasteiger partial charge in [-0.15, -0.1) is 0 Å². The molecule has 1 heterocycles. The lowest BCUT2D eigenvalue weighted by Gasteiger charge is -2.25. The fourth-order valence-corrected chi connectivity index (χ4v) is 6.02. The van der Waals surface area contributed by atoms with Crippen LogP contribution in [0.3, 0.4) is 0 Å². The normalized spacial score (nSPS) is 20.4. The van der Waals surface area contributed by atoms with Gasteiger partial charge in [0.15, 0.2) is 0 Å². The number of aromatic carboxylic acids is 1. The van der Waals surface area contributed by atoms with Gasteiger partial charge < -0.3 is 20.6 Å². The van der Waals surface area contributed by atoms with Crippen LogP contribution >= 0.6 is 0 Å². The maximum atomic E-state index is 12.1. The number of carboxylic acids is 1. The Morgan fingerprint density at radius 1 is 1.18 bits per heavy atom. The van der Waals surface area contributed by atoms with Crippen LogP contribution in [0, 0.1) is 11.8 Å². The van der Waals surface area contributed by atoms with E-state index in [0.29, 0.717) is 11.4 Å². The summed E-state index contributed by atoms with van der Waals surface area (Å²) in [5.41, 5.74) is 10.6. The number of aromatic nitrogens is 2. The third-order valence-electron chi connectivity index (χ3n) is 7.94. The van der Waals surface area contributed by atoms with E-state index < -0.39 is 5.97 Å². The summed E-state index contributed by atoms with van der Waals surface area (Å²) in [6, 6.07) is 16.2. The lowest BCUT2D eigenvalue weighted by Crippen LogP contribution is -2.21. The number of allylic oxidation sites excluding steroid dienone is 1. The van der Waals surface area contributed by atoms with Crippen molar-refractivity contribution in [1.82, 2.24) is 14.8 Å². The molecule has 0 radical (unpaired) electrons. The molecule has 0 saturated heterocycles. The average Bonchev–Trinajstić information content (AvgIpc) is 3.58. The van der Waals surface area contributed by atoms with Crippen molar-refractivity contribution in [3.05, 3.63) is 77.9 Å². The first-order chi connectivity index (χ1) is 18.8. The van der Waals surface area contributed by atoms with Crippen molar-refractivity contribution in [2.45, 2.75) is 63.9 Å². The van der Waals surface area contributed by atoms with Gasteiger partial charge in [0.1, 0.15) is 11.3 Å². The third kappa shape index (κ3) is 6.28. The number of carboxylic acid groups (broad SMARTS) is 1. The van der Waals surface area contributed by atoms with Crippen LogP contribution in [-0.4, -0.2) is 39.0 Å². The summed E-state index contributed by atoms with van der Waals surface area (Å²) < 4.78 is 8.07. The number of rotatable bonds is 10. The van der Waals surface area contributed by atoms with E-state index in [1.54, 1.807) is 17.9 Å². The first-order valence-corrected chi connectivity index (χ1v) is 13.9. The molecule has 5 N–H and O–H groups in total. The number of ether oxygens (including phenoxy) is 1. The highest BCUT2D eigenvalue weighted by Gasteiger charge is 2.45. The second kappa shape index (κ2) is 11.5. The Hall–Kier alpha value is -3.78. The number of nitrogens with zero attached hydrogens (tertiary/aromatic N) is 3. The van der Waals surface area contributed by atoms with Crippen molar-refractivity contribution in [2.24, 2.45) is 23.4 Å². The molecule has 3 aromatic rings. The van der Waals surface area contributed by atoms with Gasteiger partial charge in [-0.25, -0.2) is 15.3 Å². The number of hydrogen-bond acceptors (Lipinski definition) is 6. The topological polar surface area (TPSA) is 120 Å². The van der Waals surface area contributed by atoms with Gasteiger partial charge >= 0.3 is 5.97 Å². The Morgan fingerprint density at radius 2 is 1.90 bits per heavy atom. The van der Waals surface area contributed by atoms with Crippen LogP contribution < -0.4 is 16.3 Å². The van der Waals surface area contributed by atoms with Crippen molar-refractivity contribution in [3.8, 4) is 22.6 Å². The molecule has 0 bridgehead atoms. The van der Waals surface area contributed by atoms with E-state index in [9.17, 15) is 9.90 Å². The Bertz CT molecular complexity index is 1340. The zero-order valence-corrected chi connectivity index (χ0v) is 22.8. The van der Waals surface area contributed by atoms with Gasteiger partial charge in [0.25, 0.3) is 0 Å². The highest BCUT2D eigenvalue weighted by atomic mass is 16.5. The van der Waals surface area contributed by atoms with Crippen LogP contribution in [0.15, 0.2) is 66.6 Å². The summed E-state index contributed by atoms with van der Waals surface area (Å²) in [7, 11) is 1.71. The Morgan fingerprint density at radius 3 is 2.62 bits per heavy atom. The Kier molecular flexibility index (Phi) is 7.93. The summed E-state index contributed by atoms with van der Waals surface area (Å²) in [6.07, 6.45) is 11.8. The molecular formula is C31H39N5O3. The predicted octanol–water partition coefficient (Wildman–Crippen LogP) is 5.68. The van der Waals surface area contributed by atoms with E-state index in [1.807, 2.05) is 36.4 Å². The molecule has 2 saturated carbocycles. The minimum Gasteiger partial charge on any atom is -0.491 e. The second-order valence-electron chi connectivity index (χ2n) is 11.2. The maximum absolute atomic E-state index is 12.1. The number of hydrazine groups is 1. The highest BCUT2D eigenvalue weighted by molar-refractivity contribution is 5.89. The minimum absolute atomic E-state index is 0.0252. The van der Waals surface area contributed by atoms with E-state index in [1.165, 1.54) is 43.3 Å². The van der Waals surface area contributed by atoms with Gasteiger partial charge in [0.05, 0.1) is 23.7 Å². The molecule has 1 aromatic heterocycles. The molecule has 206 valence electrons. The Labute approximate surface area is 230 Å². The molecule has 39 heavy (non-hydrogen) atoms. The van der Waals surface area contributed by atoms with Gasteiger partial charge in [-0.05, 0) is 61.1 Å². The van der Waals surface area contributed by atoms with E-state index in [-0.39, 0.29) is 23.5 Å². The largest absolute Gasteiger partial charge is 0.491 e. The lowest BCUT2D eigenvalue weighted by molar-refractivity contribution is 0.0695. The van der Waals surface area contributed by atoms with Crippen molar-refractivity contribution in [2.75, 3.05) is 7.05 Å². The summed E-state index contributed by atoms with van der Waals surface area (Å²) in [5.74, 6) is 6.34. The van der Waals surface area contributed by atoms with Crippen LogP contribution in [0.2, 0.25) is 0 Å². The molecule has 2 aliphatic carbocycles. The van der Waals surface area contributed by atoms with E-state index in [0.717, 1.165) is 41.3 Å². The average molecular weight is 530 g/mol. The number of hydrogen-bond donors (Lipinski definition) is 3. The SMILES string of the molecule is CC(CC1CCCCC1)Oc1cccc(-c2cccc(-n3ncc(C(=O)O)c3C3CC3/C(N)=C/N(C)N)c2)c1. The molecule has 5 rings (SSSR count). The number of nitrogens with two attached hydrogens (primary N) is 2. The summed E-state index contributed by atoms with van der Waals surface area (Å²) in [5, 5.41) is 15.8.